The van der Waals surface area contributed by atoms with Gasteiger partial charge in [0.2, 0.25) is 0 Å². The van der Waals surface area contributed by atoms with Crippen LogP contribution in [0.5, 0.6) is 0 Å². The normalized spacial score (nSPS) is 11.2. The summed E-state index contributed by atoms with van der Waals surface area (Å²) < 4.78 is 12.8. The molecule has 0 saturated heterocycles. The molecular weight excluding hydrogens is 275 g/mol. The molecule has 0 spiro atoms. The minimum Gasteiger partial charge on any atom is -0.207 e. The Morgan fingerprint density at radius 3 is 2.42 bits per heavy atom. The summed E-state index contributed by atoms with van der Waals surface area (Å²) >= 11 is 3.51. The van der Waals surface area contributed by atoms with E-state index in [-0.39, 0.29) is 5.82 Å². The third kappa shape index (κ3) is 3.00. The number of benzene rings is 1. The largest absolute Gasteiger partial charge is 0.207 e. The number of hydrogen-bond acceptors (Lipinski definition) is 2. The van der Waals surface area contributed by atoms with Gasteiger partial charge in [0.15, 0.2) is 0 Å². The summed E-state index contributed by atoms with van der Waals surface area (Å²) in [6.07, 6.45) is 4.07. The van der Waals surface area contributed by atoms with Crippen molar-refractivity contribution in [2.75, 3.05) is 0 Å². The summed E-state index contributed by atoms with van der Waals surface area (Å²) in [5, 5.41) is 2.09. The standard InChI is InChI=1S/C16H11FS2/c17-13-6-3-12(4-7-13)5-8-14-9-10-16(19-14)15-2-1-11-18-15/h1-11H/b8-5+. The van der Waals surface area contributed by atoms with Gasteiger partial charge in [-0.2, -0.15) is 0 Å². The van der Waals surface area contributed by atoms with Gasteiger partial charge in [-0.3, -0.25) is 0 Å². The molecule has 0 fully saturated rings. The van der Waals surface area contributed by atoms with Crippen LogP contribution in [-0.2, 0) is 0 Å². The van der Waals surface area contributed by atoms with Gasteiger partial charge in [0.05, 0.1) is 0 Å². The van der Waals surface area contributed by atoms with Gasteiger partial charge in [-0.15, -0.1) is 22.7 Å². The molecule has 3 rings (SSSR count). The predicted octanol–water partition coefficient (Wildman–Crippen LogP) is 5.79. The van der Waals surface area contributed by atoms with E-state index in [2.05, 4.69) is 35.7 Å². The Bertz CT molecular complexity index is 676. The SMILES string of the molecule is Fc1ccc(/C=C/c2ccc(-c3cccs3)s2)cc1. The molecule has 3 aromatic rings. The third-order valence-corrected chi connectivity index (χ3v) is 4.82. The van der Waals surface area contributed by atoms with Gasteiger partial charge in [0, 0.05) is 14.6 Å². The predicted molar refractivity (Wildman–Crippen MR) is 83.0 cm³/mol. The number of thiophene rings is 2. The van der Waals surface area contributed by atoms with Gasteiger partial charge >= 0.3 is 0 Å². The molecule has 0 radical (unpaired) electrons. The Balaban J connectivity index is 1.78. The van der Waals surface area contributed by atoms with Crippen LogP contribution >= 0.6 is 22.7 Å². The highest BCUT2D eigenvalue weighted by Crippen LogP contribution is 2.32. The summed E-state index contributed by atoms with van der Waals surface area (Å²) in [6, 6.07) is 15.0. The van der Waals surface area contributed by atoms with Crippen molar-refractivity contribution in [2.24, 2.45) is 0 Å². The summed E-state index contributed by atoms with van der Waals surface area (Å²) in [5.74, 6) is -0.201. The Hall–Kier alpha value is -1.71. The van der Waals surface area contributed by atoms with Crippen LogP contribution in [0.15, 0.2) is 53.9 Å². The molecule has 0 bridgehead atoms. The van der Waals surface area contributed by atoms with Gasteiger partial charge in [-0.05, 0) is 47.4 Å². The van der Waals surface area contributed by atoms with E-state index >= 15 is 0 Å². The van der Waals surface area contributed by atoms with Gasteiger partial charge in [0.1, 0.15) is 5.82 Å². The van der Waals surface area contributed by atoms with Crippen molar-refractivity contribution >= 4 is 34.8 Å². The van der Waals surface area contributed by atoms with Crippen molar-refractivity contribution in [3.8, 4) is 9.75 Å². The quantitative estimate of drug-likeness (QED) is 0.572. The van der Waals surface area contributed by atoms with Gasteiger partial charge in [-0.1, -0.05) is 24.3 Å². The zero-order valence-electron chi connectivity index (χ0n) is 10.0. The van der Waals surface area contributed by atoms with E-state index in [4.69, 9.17) is 0 Å². The molecule has 0 aliphatic heterocycles. The topological polar surface area (TPSA) is 0 Å². The van der Waals surface area contributed by atoms with E-state index in [0.717, 1.165) is 5.56 Å². The van der Waals surface area contributed by atoms with Crippen molar-refractivity contribution in [1.82, 2.24) is 0 Å². The second-order valence-electron chi connectivity index (χ2n) is 4.06. The number of rotatable bonds is 3. The molecule has 0 amide bonds. The molecule has 2 heterocycles. The molecule has 0 unspecified atom stereocenters. The summed E-state index contributed by atoms with van der Waals surface area (Å²) in [7, 11) is 0. The first-order valence-corrected chi connectivity index (χ1v) is 7.58. The van der Waals surface area contributed by atoms with Crippen LogP contribution in [-0.4, -0.2) is 0 Å². The Kier molecular flexibility index (Phi) is 3.58. The molecule has 0 atom stereocenters. The van der Waals surface area contributed by atoms with Crippen molar-refractivity contribution < 1.29 is 4.39 Å². The molecule has 0 aliphatic carbocycles. The first kappa shape index (κ1) is 12.3. The highest BCUT2D eigenvalue weighted by atomic mass is 32.1. The van der Waals surface area contributed by atoms with E-state index in [1.165, 1.54) is 26.8 Å². The molecule has 94 valence electrons. The molecule has 1 aromatic carbocycles. The van der Waals surface area contributed by atoms with Crippen molar-refractivity contribution in [1.29, 1.82) is 0 Å². The summed E-state index contributed by atoms with van der Waals surface area (Å²) in [5.41, 5.74) is 1.01. The fourth-order valence-corrected chi connectivity index (χ4v) is 3.49. The maximum Gasteiger partial charge on any atom is 0.123 e. The van der Waals surface area contributed by atoms with E-state index in [1.54, 1.807) is 34.8 Å². The highest BCUT2D eigenvalue weighted by molar-refractivity contribution is 7.21. The lowest BCUT2D eigenvalue weighted by Gasteiger charge is -1.92. The van der Waals surface area contributed by atoms with Crippen LogP contribution < -0.4 is 0 Å². The van der Waals surface area contributed by atoms with Gasteiger partial charge in [-0.25, -0.2) is 4.39 Å². The van der Waals surface area contributed by atoms with Crippen LogP contribution in [0.3, 0.4) is 0 Å². The van der Waals surface area contributed by atoms with Gasteiger partial charge < -0.3 is 0 Å². The smallest absolute Gasteiger partial charge is 0.123 e. The zero-order valence-corrected chi connectivity index (χ0v) is 11.7. The number of halogens is 1. The molecule has 0 nitrogen and oxygen atoms in total. The molecule has 2 aromatic heterocycles. The summed E-state index contributed by atoms with van der Waals surface area (Å²) in [6.45, 7) is 0. The Labute approximate surface area is 119 Å². The maximum absolute atomic E-state index is 12.8. The minimum atomic E-state index is -0.201. The van der Waals surface area contributed by atoms with E-state index in [9.17, 15) is 4.39 Å². The fraction of sp³-hybridized carbons (Fsp3) is 0. The average molecular weight is 286 g/mol. The molecule has 0 aliphatic rings. The zero-order chi connectivity index (χ0) is 13.1. The fourth-order valence-electron chi connectivity index (χ4n) is 1.75. The lowest BCUT2D eigenvalue weighted by atomic mass is 10.2. The Morgan fingerprint density at radius 2 is 1.68 bits per heavy atom. The first-order valence-electron chi connectivity index (χ1n) is 5.89. The second-order valence-corrected chi connectivity index (χ2v) is 6.13. The lowest BCUT2D eigenvalue weighted by Crippen LogP contribution is -1.73. The first-order chi connectivity index (χ1) is 9.31. The highest BCUT2D eigenvalue weighted by Gasteiger charge is 2.01. The lowest BCUT2D eigenvalue weighted by molar-refractivity contribution is 0.628. The van der Waals surface area contributed by atoms with Crippen LogP contribution in [0, 0.1) is 5.82 Å². The second kappa shape index (κ2) is 5.51. The van der Waals surface area contributed by atoms with E-state index in [0.29, 0.717) is 0 Å². The Morgan fingerprint density at radius 1 is 0.842 bits per heavy atom. The van der Waals surface area contributed by atoms with Crippen LogP contribution in [0.2, 0.25) is 0 Å². The van der Waals surface area contributed by atoms with Crippen LogP contribution in [0.4, 0.5) is 4.39 Å². The molecule has 19 heavy (non-hydrogen) atoms. The average Bonchev–Trinajstić information content (AvgIpc) is 3.09. The molecule has 3 heteroatoms. The van der Waals surface area contributed by atoms with Crippen LogP contribution in [0.25, 0.3) is 21.9 Å². The van der Waals surface area contributed by atoms with Crippen LogP contribution in [0.1, 0.15) is 10.4 Å². The van der Waals surface area contributed by atoms with Crippen molar-refractivity contribution in [3.05, 3.63) is 70.2 Å². The summed E-state index contributed by atoms with van der Waals surface area (Å²) in [4.78, 5) is 3.79. The van der Waals surface area contributed by atoms with Crippen molar-refractivity contribution in [2.45, 2.75) is 0 Å². The van der Waals surface area contributed by atoms with E-state index < -0.39 is 0 Å². The third-order valence-electron chi connectivity index (χ3n) is 2.70. The molecule has 0 saturated carbocycles. The van der Waals surface area contributed by atoms with Crippen molar-refractivity contribution in [3.63, 3.8) is 0 Å². The molecule has 0 N–H and O–H groups in total. The molecular formula is C16H11FS2. The minimum absolute atomic E-state index is 0.201. The maximum atomic E-state index is 12.8. The van der Waals surface area contributed by atoms with E-state index in [1.807, 2.05) is 6.08 Å². The number of hydrogen-bond donors (Lipinski definition) is 0. The van der Waals surface area contributed by atoms with Gasteiger partial charge in [0.25, 0.3) is 0 Å². The monoisotopic (exact) mass is 286 g/mol.